The summed E-state index contributed by atoms with van der Waals surface area (Å²) in [6.07, 6.45) is 5.84. The van der Waals surface area contributed by atoms with Crippen molar-refractivity contribution < 1.29 is 24.2 Å². The molecule has 0 aromatic carbocycles. The van der Waals surface area contributed by atoms with E-state index < -0.39 is 12.0 Å². The molecule has 6 heteroatoms. The van der Waals surface area contributed by atoms with Crippen LogP contribution in [-0.4, -0.2) is 35.6 Å². The predicted molar refractivity (Wildman–Crippen MR) is 76.5 cm³/mol. The molecule has 0 aromatic rings. The van der Waals surface area contributed by atoms with Gasteiger partial charge in [0.15, 0.2) is 0 Å². The number of carboxylic acids is 1. The number of amides is 1. The Balaban J connectivity index is 2.43. The molecule has 1 unspecified atom stereocenters. The third kappa shape index (κ3) is 5.02. The lowest BCUT2D eigenvalue weighted by molar-refractivity contribution is -0.187. The average Bonchev–Trinajstić information content (AvgIpc) is 2.43. The number of rotatable bonds is 11. The van der Waals surface area contributed by atoms with Gasteiger partial charge in [-0.2, -0.15) is 0 Å². The van der Waals surface area contributed by atoms with Crippen molar-refractivity contribution in [2.45, 2.75) is 64.5 Å². The molecule has 6 nitrogen and oxygen atoms in total. The van der Waals surface area contributed by atoms with Gasteiger partial charge in [0, 0.05) is 0 Å². The van der Waals surface area contributed by atoms with Crippen LogP contribution in [0.4, 0.5) is 0 Å². The van der Waals surface area contributed by atoms with E-state index in [0.717, 1.165) is 32.1 Å². The summed E-state index contributed by atoms with van der Waals surface area (Å²) in [5.41, 5.74) is 0. The van der Waals surface area contributed by atoms with Crippen LogP contribution in [0.1, 0.15) is 52.4 Å². The van der Waals surface area contributed by atoms with Gasteiger partial charge in [-0.15, -0.1) is 0 Å². The number of esters is 1. The fourth-order valence-electron chi connectivity index (χ4n) is 2.76. The van der Waals surface area contributed by atoms with E-state index in [1.807, 2.05) is 0 Å². The number of unbranched alkanes of at least 4 members (excludes halogenated alkanes) is 3. The molecule has 0 aliphatic carbocycles. The smallest absolute Gasteiger partial charge is 0.326 e. The van der Waals surface area contributed by atoms with E-state index >= 15 is 0 Å². The summed E-state index contributed by atoms with van der Waals surface area (Å²) in [4.78, 5) is 33.0. The molecule has 0 aromatic heterocycles. The van der Waals surface area contributed by atoms with E-state index in [4.69, 9.17) is 9.84 Å². The lowest BCUT2D eigenvalue weighted by Crippen LogP contribution is -2.49. The van der Waals surface area contributed by atoms with Crippen molar-refractivity contribution in [2.75, 3.05) is 0 Å². The van der Waals surface area contributed by atoms with E-state index in [0.29, 0.717) is 12.8 Å². The monoisotopic (exact) mass is 299 g/mol. The van der Waals surface area contributed by atoms with Crippen LogP contribution in [0, 0.1) is 11.8 Å². The molecule has 1 saturated heterocycles. The van der Waals surface area contributed by atoms with Gasteiger partial charge in [-0.3, -0.25) is 9.59 Å². The summed E-state index contributed by atoms with van der Waals surface area (Å²) >= 11 is 0. The number of nitrogens with one attached hydrogen (secondary N) is 1. The zero-order valence-electron chi connectivity index (χ0n) is 12.7. The highest BCUT2D eigenvalue weighted by atomic mass is 16.6. The second-order valence-corrected chi connectivity index (χ2v) is 5.74. The summed E-state index contributed by atoms with van der Waals surface area (Å²) in [7, 11) is 0. The van der Waals surface area contributed by atoms with Crippen LogP contribution in [-0.2, 0) is 19.1 Å². The number of carbonyl (C=O) groups is 3. The molecule has 21 heavy (non-hydrogen) atoms. The summed E-state index contributed by atoms with van der Waals surface area (Å²) in [6, 6.07) is -0.942. The lowest BCUT2D eigenvalue weighted by Gasteiger charge is -2.37. The SMILES string of the molecule is CCCCCC[C@@H]1C(=O)O[C@H]1CC(C)[C@@H](NC=O)C(=O)O. The van der Waals surface area contributed by atoms with Crippen LogP contribution in [0.3, 0.4) is 0 Å². The third-order valence-corrected chi connectivity index (χ3v) is 4.07. The molecule has 4 atom stereocenters. The lowest BCUT2D eigenvalue weighted by atomic mass is 9.83. The number of hydrogen-bond acceptors (Lipinski definition) is 4. The molecule has 1 fully saturated rings. The molecule has 0 spiro atoms. The van der Waals surface area contributed by atoms with Crippen molar-refractivity contribution in [2.24, 2.45) is 11.8 Å². The second kappa shape index (κ2) is 8.64. The first kappa shape index (κ1) is 17.5. The van der Waals surface area contributed by atoms with Gasteiger partial charge in [-0.1, -0.05) is 39.5 Å². The molecule has 0 radical (unpaired) electrons. The molecule has 1 aliphatic heterocycles. The van der Waals surface area contributed by atoms with Gasteiger partial charge >= 0.3 is 11.9 Å². The maximum atomic E-state index is 11.5. The highest BCUT2D eigenvalue weighted by Crippen LogP contribution is 2.32. The van der Waals surface area contributed by atoms with Gasteiger partial charge < -0.3 is 15.2 Å². The standard InChI is InChI=1S/C15H25NO5/c1-3-4-5-6-7-11-12(21-15(11)20)8-10(2)13(14(18)19)16-9-17/h9-13H,3-8H2,1-2H3,(H,16,17)(H,18,19)/t10?,11-,12-,13+/m0/s1. The molecule has 1 rings (SSSR count). The first-order valence-corrected chi connectivity index (χ1v) is 7.64. The maximum Gasteiger partial charge on any atom is 0.326 e. The number of carbonyl (C=O) groups excluding carboxylic acids is 2. The van der Waals surface area contributed by atoms with E-state index in [1.165, 1.54) is 0 Å². The third-order valence-electron chi connectivity index (χ3n) is 4.07. The van der Waals surface area contributed by atoms with Crippen LogP contribution in [0.2, 0.25) is 0 Å². The van der Waals surface area contributed by atoms with Gasteiger partial charge in [-0.05, 0) is 18.8 Å². The molecule has 1 heterocycles. The summed E-state index contributed by atoms with van der Waals surface area (Å²) < 4.78 is 5.14. The molecule has 1 amide bonds. The summed E-state index contributed by atoms with van der Waals surface area (Å²) in [5.74, 6) is -1.66. The molecular formula is C15H25NO5. The van der Waals surface area contributed by atoms with Crippen molar-refractivity contribution in [3.05, 3.63) is 0 Å². The van der Waals surface area contributed by atoms with Crippen LogP contribution in [0.5, 0.6) is 0 Å². The highest BCUT2D eigenvalue weighted by molar-refractivity contribution is 5.79. The van der Waals surface area contributed by atoms with Gasteiger partial charge in [0.1, 0.15) is 12.1 Å². The Morgan fingerprint density at radius 2 is 2.14 bits per heavy atom. The number of hydrogen-bond donors (Lipinski definition) is 2. The van der Waals surface area contributed by atoms with Gasteiger partial charge in [0.2, 0.25) is 6.41 Å². The highest BCUT2D eigenvalue weighted by Gasteiger charge is 2.43. The predicted octanol–water partition coefficient (Wildman–Crippen LogP) is 1.72. The largest absolute Gasteiger partial charge is 0.480 e. The topological polar surface area (TPSA) is 92.7 Å². The Kier molecular flexibility index (Phi) is 7.19. The minimum absolute atomic E-state index is 0.116. The fourth-order valence-corrected chi connectivity index (χ4v) is 2.76. The molecule has 0 bridgehead atoms. The Morgan fingerprint density at radius 3 is 2.67 bits per heavy atom. The Hall–Kier alpha value is -1.59. The molecule has 1 aliphatic rings. The molecular weight excluding hydrogens is 274 g/mol. The average molecular weight is 299 g/mol. The van der Waals surface area contributed by atoms with E-state index in [-0.39, 0.29) is 23.9 Å². The normalized spacial score (nSPS) is 23.6. The Morgan fingerprint density at radius 1 is 1.43 bits per heavy atom. The first-order valence-electron chi connectivity index (χ1n) is 7.64. The first-order chi connectivity index (χ1) is 10.0. The molecule has 0 saturated carbocycles. The summed E-state index contributed by atoms with van der Waals surface area (Å²) in [5, 5.41) is 11.4. The zero-order valence-corrected chi connectivity index (χ0v) is 12.7. The fraction of sp³-hybridized carbons (Fsp3) is 0.800. The van der Waals surface area contributed by atoms with Crippen molar-refractivity contribution >= 4 is 18.3 Å². The van der Waals surface area contributed by atoms with Crippen molar-refractivity contribution in [1.82, 2.24) is 5.32 Å². The molecule has 120 valence electrons. The van der Waals surface area contributed by atoms with E-state index in [1.54, 1.807) is 6.92 Å². The minimum Gasteiger partial charge on any atom is -0.480 e. The van der Waals surface area contributed by atoms with Crippen LogP contribution in [0.15, 0.2) is 0 Å². The number of cyclic esters (lactones) is 1. The zero-order chi connectivity index (χ0) is 15.8. The van der Waals surface area contributed by atoms with E-state index in [9.17, 15) is 14.4 Å². The van der Waals surface area contributed by atoms with Gasteiger partial charge in [0.25, 0.3) is 0 Å². The quantitative estimate of drug-likeness (QED) is 0.344. The minimum atomic E-state index is -1.07. The van der Waals surface area contributed by atoms with Crippen LogP contribution < -0.4 is 5.32 Å². The summed E-state index contributed by atoms with van der Waals surface area (Å²) in [6.45, 7) is 3.88. The van der Waals surface area contributed by atoms with Crippen LogP contribution >= 0.6 is 0 Å². The number of aliphatic carboxylic acids is 1. The van der Waals surface area contributed by atoms with Crippen molar-refractivity contribution in [3.63, 3.8) is 0 Å². The van der Waals surface area contributed by atoms with Gasteiger partial charge in [0.05, 0.1) is 5.92 Å². The van der Waals surface area contributed by atoms with Crippen molar-refractivity contribution in [1.29, 1.82) is 0 Å². The number of ether oxygens (including phenoxy) is 1. The van der Waals surface area contributed by atoms with Crippen molar-refractivity contribution in [3.8, 4) is 0 Å². The molecule has 2 N–H and O–H groups in total. The Bertz CT molecular complexity index is 371. The number of carboxylic acid groups (broad SMARTS) is 1. The second-order valence-electron chi connectivity index (χ2n) is 5.74. The van der Waals surface area contributed by atoms with Gasteiger partial charge in [-0.25, -0.2) is 4.79 Å². The van der Waals surface area contributed by atoms with E-state index in [2.05, 4.69) is 12.2 Å². The Labute approximate surface area is 125 Å². The maximum absolute atomic E-state index is 11.5. The van der Waals surface area contributed by atoms with Crippen LogP contribution in [0.25, 0.3) is 0 Å².